The number of urea groups is 1. The van der Waals surface area contributed by atoms with Crippen molar-refractivity contribution in [3.63, 3.8) is 0 Å². The van der Waals surface area contributed by atoms with Crippen LogP contribution in [-0.2, 0) is 16.0 Å². The van der Waals surface area contributed by atoms with E-state index < -0.39 is 6.04 Å². The van der Waals surface area contributed by atoms with Gasteiger partial charge in [0, 0.05) is 32.0 Å². The van der Waals surface area contributed by atoms with Gasteiger partial charge < -0.3 is 21.1 Å². The summed E-state index contributed by atoms with van der Waals surface area (Å²) in [6.07, 6.45) is 2.44. The molecule has 0 aliphatic carbocycles. The highest BCUT2D eigenvalue weighted by atomic mass is 16.5. The van der Waals surface area contributed by atoms with Crippen LogP contribution < -0.4 is 21.3 Å². The van der Waals surface area contributed by atoms with Crippen LogP contribution >= 0.6 is 0 Å². The third-order valence-corrected chi connectivity index (χ3v) is 4.90. The molecule has 1 atom stereocenters. The van der Waals surface area contributed by atoms with Gasteiger partial charge in [-0.25, -0.2) is 4.79 Å². The van der Waals surface area contributed by atoms with Crippen molar-refractivity contribution in [1.82, 2.24) is 5.32 Å². The predicted molar refractivity (Wildman–Crippen MR) is 96.7 cm³/mol. The Morgan fingerprint density at radius 2 is 2.12 bits per heavy atom. The van der Waals surface area contributed by atoms with E-state index in [1.165, 1.54) is 0 Å². The Morgan fingerprint density at radius 3 is 2.84 bits per heavy atom. The third-order valence-electron chi connectivity index (χ3n) is 4.90. The molecule has 0 saturated carbocycles. The lowest BCUT2D eigenvalue weighted by Gasteiger charge is -2.26. The maximum Gasteiger partial charge on any atom is 0.321 e. The maximum atomic E-state index is 12.5. The summed E-state index contributed by atoms with van der Waals surface area (Å²) in [5.41, 5.74) is 8.75. The minimum absolute atomic E-state index is 0.108. The van der Waals surface area contributed by atoms with Crippen LogP contribution in [0.4, 0.5) is 16.2 Å². The van der Waals surface area contributed by atoms with Gasteiger partial charge in [-0.05, 0) is 49.8 Å². The molecule has 7 heteroatoms. The van der Waals surface area contributed by atoms with Gasteiger partial charge in [-0.15, -0.1) is 0 Å². The fourth-order valence-corrected chi connectivity index (χ4v) is 3.43. The van der Waals surface area contributed by atoms with E-state index in [1.54, 1.807) is 4.90 Å². The third kappa shape index (κ3) is 3.93. The van der Waals surface area contributed by atoms with Crippen LogP contribution in [0.3, 0.4) is 0 Å². The summed E-state index contributed by atoms with van der Waals surface area (Å²) in [5.74, 6) is -0.0376. The summed E-state index contributed by atoms with van der Waals surface area (Å²) in [6.45, 7) is 4.45. The van der Waals surface area contributed by atoms with Crippen LogP contribution in [0.25, 0.3) is 0 Å². The molecule has 4 N–H and O–H groups in total. The number of carbonyl (C=O) groups is 2. The second-order valence-electron chi connectivity index (χ2n) is 6.55. The monoisotopic (exact) mass is 346 g/mol. The zero-order valence-corrected chi connectivity index (χ0v) is 14.6. The number of rotatable bonds is 4. The molecule has 2 aliphatic rings. The largest absolute Gasteiger partial charge is 0.381 e. The number of nitrogens with one attached hydrogen (secondary N) is 2. The number of anilines is 2. The number of nitrogens with two attached hydrogens (primary N) is 1. The van der Waals surface area contributed by atoms with Gasteiger partial charge in [-0.1, -0.05) is 6.07 Å². The Morgan fingerprint density at radius 1 is 1.36 bits per heavy atom. The van der Waals surface area contributed by atoms with Crippen molar-refractivity contribution in [3.05, 3.63) is 23.8 Å². The van der Waals surface area contributed by atoms with Crippen LogP contribution in [0.5, 0.6) is 0 Å². The molecule has 3 amide bonds. The number of amides is 3. The number of fused-ring (bicyclic) bond motifs is 1. The topological polar surface area (TPSA) is 96.7 Å². The van der Waals surface area contributed by atoms with E-state index >= 15 is 0 Å². The maximum absolute atomic E-state index is 12.5. The number of ether oxygens (including phenoxy) is 1. The Bertz CT molecular complexity index is 643. The number of hydrogen-bond donors (Lipinski definition) is 3. The zero-order chi connectivity index (χ0) is 17.8. The zero-order valence-electron chi connectivity index (χ0n) is 14.6. The number of hydrogen-bond acceptors (Lipinski definition) is 4. The van der Waals surface area contributed by atoms with E-state index in [4.69, 9.17) is 10.5 Å². The highest BCUT2D eigenvalue weighted by Gasteiger charge is 2.28. The first-order valence-corrected chi connectivity index (χ1v) is 8.92. The van der Waals surface area contributed by atoms with E-state index in [9.17, 15) is 9.59 Å². The molecule has 2 heterocycles. The summed E-state index contributed by atoms with van der Waals surface area (Å²) in [6, 6.07) is 5.03. The van der Waals surface area contributed by atoms with Crippen molar-refractivity contribution >= 4 is 23.3 Å². The molecule has 1 aromatic carbocycles. The molecular weight excluding hydrogens is 320 g/mol. The smallest absolute Gasteiger partial charge is 0.321 e. The number of nitrogens with zero attached hydrogens (tertiary/aromatic N) is 1. The molecule has 1 fully saturated rings. The van der Waals surface area contributed by atoms with E-state index in [0.717, 1.165) is 30.5 Å². The molecule has 7 nitrogen and oxygen atoms in total. The van der Waals surface area contributed by atoms with E-state index in [-0.39, 0.29) is 17.9 Å². The summed E-state index contributed by atoms with van der Waals surface area (Å²) in [7, 11) is 0. The highest BCUT2D eigenvalue weighted by molar-refractivity contribution is 5.98. The van der Waals surface area contributed by atoms with Gasteiger partial charge in [0.15, 0.2) is 0 Å². The average Bonchev–Trinajstić information content (AvgIpc) is 3.05. The average molecular weight is 346 g/mol. The molecule has 0 radical (unpaired) electrons. The lowest BCUT2D eigenvalue weighted by atomic mass is 9.92. The van der Waals surface area contributed by atoms with Crippen molar-refractivity contribution in [2.75, 3.05) is 36.5 Å². The van der Waals surface area contributed by atoms with Crippen molar-refractivity contribution in [2.24, 2.45) is 11.7 Å². The molecular formula is C18H26N4O3. The van der Waals surface area contributed by atoms with Crippen LogP contribution in [-0.4, -0.2) is 44.3 Å². The van der Waals surface area contributed by atoms with Crippen LogP contribution in [0.1, 0.15) is 25.3 Å². The molecule has 1 unspecified atom stereocenters. The Labute approximate surface area is 147 Å². The van der Waals surface area contributed by atoms with Gasteiger partial charge in [0.1, 0.15) is 0 Å². The van der Waals surface area contributed by atoms with E-state index in [1.807, 2.05) is 25.1 Å². The van der Waals surface area contributed by atoms with Gasteiger partial charge >= 0.3 is 6.03 Å². The predicted octanol–water partition coefficient (Wildman–Crippen LogP) is 1.47. The van der Waals surface area contributed by atoms with Gasteiger partial charge in [0.2, 0.25) is 5.91 Å². The lowest BCUT2D eigenvalue weighted by Crippen LogP contribution is -2.44. The van der Waals surface area contributed by atoms with Crippen molar-refractivity contribution < 1.29 is 14.3 Å². The molecule has 0 aromatic heterocycles. The second kappa shape index (κ2) is 7.84. The normalized spacial score (nSPS) is 18.6. The number of carbonyl (C=O) groups excluding carboxylic acids is 2. The Kier molecular flexibility index (Phi) is 5.55. The van der Waals surface area contributed by atoms with Crippen LogP contribution in [0, 0.1) is 5.92 Å². The van der Waals surface area contributed by atoms with Gasteiger partial charge in [0.05, 0.1) is 11.7 Å². The molecule has 2 aliphatic heterocycles. The fourth-order valence-electron chi connectivity index (χ4n) is 3.43. The molecule has 25 heavy (non-hydrogen) atoms. The Hall–Kier alpha value is -2.12. The summed E-state index contributed by atoms with van der Waals surface area (Å²) < 4.78 is 5.32. The van der Waals surface area contributed by atoms with Crippen molar-refractivity contribution in [2.45, 2.75) is 32.2 Å². The van der Waals surface area contributed by atoms with Crippen LogP contribution in [0.15, 0.2) is 18.2 Å². The highest BCUT2D eigenvalue weighted by Crippen LogP contribution is 2.31. The van der Waals surface area contributed by atoms with Gasteiger partial charge in [-0.2, -0.15) is 0 Å². The lowest BCUT2D eigenvalue weighted by molar-refractivity contribution is -0.119. The molecule has 0 bridgehead atoms. The summed E-state index contributed by atoms with van der Waals surface area (Å²) in [4.78, 5) is 26.3. The second-order valence-corrected chi connectivity index (χ2v) is 6.55. The van der Waals surface area contributed by atoms with E-state index in [0.29, 0.717) is 32.0 Å². The van der Waals surface area contributed by atoms with Crippen molar-refractivity contribution in [1.29, 1.82) is 0 Å². The molecule has 1 saturated heterocycles. The number of benzene rings is 1. The fraction of sp³-hybridized carbons (Fsp3) is 0.556. The van der Waals surface area contributed by atoms with Gasteiger partial charge in [-0.3, -0.25) is 9.69 Å². The van der Waals surface area contributed by atoms with Crippen LogP contribution in [0.2, 0.25) is 0 Å². The van der Waals surface area contributed by atoms with Crippen molar-refractivity contribution in [3.8, 4) is 0 Å². The molecule has 3 rings (SSSR count). The van der Waals surface area contributed by atoms with Gasteiger partial charge in [0.25, 0.3) is 0 Å². The first-order valence-electron chi connectivity index (χ1n) is 8.92. The summed E-state index contributed by atoms with van der Waals surface area (Å²) >= 11 is 0. The Balaban J connectivity index is 1.68. The molecule has 136 valence electrons. The quantitative estimate of drug-likeness (QED) is 0.769. The summed E-state index contributed by atoms with van der Waals surface area (Å²) in [5, 5.41) is 5.71. The molecule has 0 spiro atoms. The first kappa shape index (κ1) is 17.7. The van der Waals surface area contributed by atoms with E-state index in [2.05, 4.69) is 10.6 Å². The molecule has 1 aromatic rings. The minimum Gasteiger partial charge on any atom is -0.381 e. The standard InChI is InChI=1S/C18H26N4O3/c1-2-20-18(24)22-8-5-12-3-4-14(11-15(12)22)21-17(23)16(19)13-6-9-25-10-7-13/h3-4,11,13,16H,2,5-10,19H2,1H3,(H,20,24)(H,21,23). The minimum atomic E-state index is -0.545. The SMILES string of the molecule is CCNC(=O)N1CCc2ccc(NC(=O)C(N)C3CCOCC3)cc21. The first-order chi connectivity index (χ1) is 12.1.